The van der Waals surface area contributed by atoms with Crippen molar-refractivity contribution in [1.82, 2.24) is 10.6 Å². The van der Waals surface area contributed by atoms with E-state index in [0.717, 1.165) is 51.9 Å². The zero-order valence-electron chi connectivity index (χ0n) is 13.2. The normalized spacial score (nSPS) is 25.9. The summed E-state index contributed by atoms with van der Waals surface area (Å²) in [5.74, 6) is -0.0113. The summed E-state index contributed by atoms with van der Waals surface area (Å²) < 4.78 is 11.1. The molecule has 0 saturated carbocycles. The van der Waals surface area contributed by atoms with Gasteiger partial charge in [0.2, 0.25) is 5.91 Å². The lowest BCUT2D eigenvalue weighted by Gasteiger charge is -2.34. The van der Waals surface area contributed by atoms with Crippen molar-refractivity contribution in [1.29, 1.82) is 0 Å². The van der Waals surface area contributed by atoms with Crippen molar-refractivity contribution in [3.63, 3.8) is 0 Å². The third-order valence-electron chi connectivity index (χ3n) is 4.43. The van der Waals surface area contributed by atoms with Crippen LogP contribution in [0.2, 0.25) is 0 Å². The molecule has 1 amide bonds. The second-order valence-corrected chi connectivity index (χ2v) is 6.39. The van der Waals surface area contributed by atoms with Crippen LogP contribution in [0.5, 0.6) is 0 Å². The number of rotatable bonds is 6. The Hall–Kier alpha value is -0.360. The molecule has 2 heterocycles. The van der Waals surface area contributed by atoms with Gasteiger partial charge in [-0.3, -0.25) is 4.79 Å². The smallest absolute Gasteiger partial charge is 0.248 e. The van der Waals surface area contributed by atoms with E-state index < -0.39 is 6.10 Å². The van der Waals surface area contributed by atoms with Crippen LogP contribution < -0.4 is 10.6 Å². The molecule has 124 valence electrons. The second kappa shape index (κ2) is 8.93. The summed E-state index contributed by atoms with van der Waals surface area (Å²) in [6.07, 6.45) is 4.13. The number of ether oxygens (including phenoxy) is 2. The van der Waals surface area contributed by atoms with E-state index >= 15 is 0 Å². The molecule has 6 heteroatoms. The molecule has 0 radical (unpaired) electrons. The summed E-state index contributed by atoms with van der Waals surface area (Å²) in [7, 11) is 0. The van der Waals surface area contributed by atoms with Crippen molar-refractivity contribution in [3.8, 4) is 0 Å². The van der Waals surface area contributed by atoms with Gasteiger partial charge in [-0.15, -0.1) is 12.4 Å². The van der Waals surface area contributed by atoms with Crippen LogP contribution in [0.25, 0.3) is 0 Å². The first kappa shape index (κ1) is 18.7. The minimum Gasteiger partial charge on any atom is -0.376 e. The Balaban J connectivity index is 0.00000220. The fourth-order valence-electron chi connectivity index (χ4n) is 2.75. The highest BCUT2D eigenvalue weighted by Gasteiger charge is 2.28. The molecule has 0 aromatic rings. The molecule has 2 N–H and O–H groups in total. The summed E-state index contributed by atoms with van der Waals surface area (Å²) in [4.78, 5) is 12.0. The van der Waals surface area contributed by atoms with Gasteiger partial charge < -0.3 is 20.1 Å². The van der Waals surface area contributed by atoms with Crippen LogP contribution >= 0.6 is 12.4 Å². The van der Waals surface area contributed by atoms with Gasteiger partial charge in [-0.2, -0.15) is 0 Å². The Morgan fingerprint density at radius 2 is 2.19 bits per heavy atom. The maximum Gasteiger partial charge on any atom is 0.248 e. The van der Waals surface area contributed by atoms with Gasteiger partial charge in [-0.25, -0.2) is 0 Å². The number of amides is 1. The van der Waals surface area contributed by atoms with Gasteiger partial charge in [-0.05, 0) is 51.1 Å². The third kappa shape index (κ3) is 6.10. The molecule has 21 heavy (non-hydrogen) atoms. The van der Waals surface area contributed by atoms with Crippen LogP contribution in [-0.4, -0.2) is 51.0 Å². The number of carbonyl (C=O) groups is 1. The average molecular weight is 321 g/mol. The Labute approximate surface area is 133 Å². The van der Waals surface area contributed by atoms with Gasteiger partial charge in [0, 0.05) is 13.2 Å². The minimum absolute atomic E-state index is 0. The molecule has 2 atom stereocenters. The SMILES string of the molecule is CC(OCC1CCCO1)C(=O)NCC1(C)CCNCC1.Cl. The first-order valence-electron chi connectivity index (χ1n) is 7.81. The number of hydrogen-bond donors (Lipinski definition) is 2. The van der Waals surface area contributed by atoms with E-state index in [1.54, 1.807) is 0 Å². The maximum absolute atomic E-state index is 12.0. The Morgan fingerprint density at radius 1 is 1.48 bits per heavy atom. The zero-order valence-corrected chi connectivity index (χ0v) is 14.0. The van der Waals surface area contributed by atoms with Gasteiger partial charge in [0.1, 0.15) is 6.10 Å². The molecular weight excluding hydrogens is 292 g/mol. The van der Waals surface area contributed by atoms with Gasteiger partial charge in [0.15, 0.2) is 0 Å². The number of piperidine rings is 1. The lowest BCUT2D eigenvalue weighted by molar-refractivity contribution is -0.134. The fraction of sp³-hybridized carbons (Fsp3) is 0.933. The van der Waals surface area contributed by atoms with Crippen molar-refractivity contribution < 1.29 is 14.3 Å². The lowest BCUT2D eigenvalue weighted by Crippen LogP contribution is -2.45. The van der Waals surface area contributed by atoms with E-state index in [9.17, 15) is 4.79 Å². The van der Waals surface area contributed by atoms with Crippen molar-refractivity contribution >= 4 is 18.3 Å². The predicted molar refractivity (Wildman–Crippen MR) is 84.9 cm³/mol. The van der Waals surface area contributed by atoms with Gasteiger partial charge >= 0.3 is 0 Å². The third-order valence-corrected chi connectivity index (χ3v) is 4.43. The first-order valence-corrected chi connectivity index (χ1v) is 7.81. The molecular formula is C15H29ClN2O3. The van der Waals surface area contributed by atoms with Crippen molar-refractivity contribution in [2.24, 2.45) is 5.41 Å². The minimum atomic E-state index is -0.399. The molecule has 0 aliphatic carbocycles. The summed E-state index contributed by atoms with van der Waals surface area (Å²) >= 11 is 0. The Kier molecular flexibility index (Phi) is 7.95. The van der Waals surface area contributed by atoms with Crippen LogP contribution in [0.1, 0.15) is 39.5 Å². The van der Waals surface area contributed by atoms with E-state index in [0.29, 0.717) is 6.61 Å². The van der Waals surface area contributed by atoms with E-state index in [2.05, 4.69) is 17.6 Å². The van der Waals surface area contributed by atoms with Crippen molar-refractivity contribution in [2.75, 3.05) is 32.8 Å². The van der Waals surface area contributed by atoms with Gasteiger partial charge in [0.25, 0.3) is 0 Å². The summed E-state index contributed by atoms with van der Waals surface area (Å²) in [5, 5.41) is 6.39. The molecule has 2 aliphatic heterocycles. The highest BCUT2D eigenvalue weighted by Crippen LogP contribution is 2.26. The van der Waals surface area contributed by atoms with E-state index in [1.807, 2.05) is 6.92 Å². The van der Waals surface area contributed by atoms with Gasteiger partial charge in [-0.1, -0.05) is 6.92 Å². The maximum atomic E-state index is 12.0. The topological polar surface area (TPSA) is 59.6 Å². The van der Waals surface area contributed by atoms with Gasteiger partial charge in [0.05, 0.1) is 12.7 Å². The number of carbonyl (C=O) groups excluding carboxylic acids is 1. The molecule has 2 unspecified atom stereocenters. The second-order valence-electron chi connectivity index (χ2n) is 6.39. The van der Waals surface area contributed by atoms with Crippen LogP contribution in [0.3, 0.4) is 0 Å². The number of halogens is 1. The Morgan fingerprint density at radius 3 is 2.81 bits per heavy atom. The van der Waals surface area contributed by atoms with Crippen LogP contribution in [0.15, 0.2) is 0 Å². The molecule has 0 aromatic heterocycles. The molecule has 5 nitrogen and oxygen atoms in total. The monoisotopic (exact) mass is 320 g/mol. The zero-order chi connectivity index (χ0) is 14.4. The molecule has 2 fully saturated rings. The molecule has 2 aliphatic rings. The molecule has 2 rings (SSSR count). The number of hydrogen-bond acceptors (Lipinski definition) is 4. The van der Waals surface area contributed by atoms with E-state index in [1.165, 1.54) is 0 Å². The quantitative estimate of drug-likeness (QED) is 0.778. The van der Waals surface area contributed by atoms with Crippen LogP contribution in [0.4, 0.5) is 0 Å². The molecule has 2 saturated heterocycles. The molecule has 0 bridgehead atoms. The van der Waals surface area contributed by atoms with E-state index in [4.69, 9.17) is 9.47 Å². The fourth-order valence-corrected chi connectivity index (χ4v) is 2.75. The van der Waals surface area contributed by atoms with Crippen LogP contribution in [0, 0.1) is 5.41 Å². The first-order chi connectivity index (χ1) is 9.59. The lowest BCUT2D eigenvalue weighted by atomic mass is 9.81. The summed E-state index contributed by atoms with van der Waals surface area (Å²) in [6.45, 7) is 8.22. The standard InChI is InChI=1S/C15H28N2O3.ClH/c1-12(20-10-13-4-3-9-19-13)14(18)17-11-15(2)5-7-16-8-6-15;/h12-13,16H,3-11H2,1-2H3,(H,17,18);1H. The van der Waals surface area contributed by atoms with E-state index in [-0.39, 0.29) is 29.8 Å². The molecule has 0 spiro atoms. The number of nitrogens with one attached hydrogen (secondary N) is 2. The van der Waals surface area contributed by atoms with Crippen LogP contribution in [-0.2, 0) is 14.3 Å². The Bertz CT molecular complexity index is 316. The van der Waals surface area contributed by atoms with Crippen molar-refractivity contribution in [2.45, 2.75) is 51.7 Å². The predicted octanol–water partition coefficient (Wildman–Crippen LogP) is 1.50. The summed E-state index contributed by atoms with van der Waals surface area (Å²) in [6, 6.07) is 0. The van der Waals surface area contributed by atoms with Crippen molar-refractivity contribution in [3.05, 3.63) is 0 Å². The highest BCUT2D eigenvalue weighted by atomic mass is 35.5. The molecule has 0 aromatic carbocycles. The highest BCUT2D eigenvalue weighted by molar-refractivity contribution is 5.85. The average Bonchev–Trinajstić information content (AvgIpc) is 2.96. The largest absolute Gasteiger partial charge is 0.376 e. The summed E-state index contributed by atoms with van der Waals surface area (Å²) in [5.41, 5.74) is 0.217.